The van der Waals surface area contributed by atoms with Gasteiger partial charge in [-0.05, 0) is 30.3 Å². The Morgan fingerprint density at radius 1 is 1.07 bits per heavy atom. The molecule has 2 heterocycles. The average Bonchev–Trinajstić information content (AvgIpc) is 3.05. The van der Waals surface area contributed by atoms with Crippen molar-refractivity contribution < 1.29 is 9.53 Å². The Kier molecular flexibility index (Phi) is 4.58. The van der Waals surface area contributed by atoms with Crippen LogP contribution >= 0.6 is 0 Å². The van der Waals surface area contributed by atoms with Crippen molar-refractivity contribution in [3.8, 4) is 5.75 Å². The minimum absolute atomic E-state index is 0.145. The highest BCUT2D eigenvalue weighted by Crippen LogP contribution is 2.23. The van der Waals surface area contributed by atoms with Crippen LogP contribution in [0.25, 0.3) is 10.9 Å². The SMILES string of the molecule is Cn1cc(C(=O)Nc2cccc(OCc3ccccn3)c2)c2ccccc21. The third-order valence-electron chi connectivity index (χ3n) is 4.35. The number of carbonyl (C=O) groups excluding carboxylic acids is 1. The first-order valence-corrected chi connectivity index (χ1v) is 8.69. The molecule has 0 aliphatic rings. The number of nitrogens with zero attached hydrogens (tertiary/aromatic N) is 2. The molecule has 0 spiro atoms. The van der Waals surface area contributed by atoms with Crippen LogP contribution in [0, 0.1) is 0 Å². The molecule has 4 aromatic rings. The number of benzene rings is 2. The molecule has 5 nitrogen and oxygen atoms in total. The van der Waals surface area contributed by atoms with Crippen molar-refractivity contribution in [3.63, 3.8) is 0 Å². The first-order valence-electron chi connectivity index (χ1n) is 8.69. The molecule has 27 heavy (non-hydrogen) atoms. The molecule has 0 saturated carbocycles. The Balaban J connectivity index is 1.50. The summed E-state index contributed by atoms with van der Waals surface area (Å²) < 4.78 is 7.73. The predicted octanol–water partition coefficient (Wildman–Crippen LogP) is 4.40. The molecule has 0 aliphatic carbocycles. The summed E-state index contributed by atoms with van der Waals surface area (Å²) in [6.45, 7) is 0.377. The van der Waals surface area contributed by atoms with E-state index in [-0.39, 0.29) is 5.91 Å². The summed E-state index contributed by atoms with van der Waals surface area (Å²) in [7, 11) is 1.94. The van der Waals surface area contributed by atoms with Gasteiger partial charge in [-0.3, -0.25) is 9.78 Å². The zero-order valence-electron chi connectivity index (χ0n) is 14.9. The molecule has 4 rings (SSSR count). The lowest BCUT2D eigenvalue weighted by Crippen LogP contribution is -2.11. The van der Waals surface area contributed by atoms with Gasteiger partial charge in [0, 0.05) is 42.1 Å². The second kappa shape index (κ2) is 7.33. The number of pyridine rings is 1. The highest BCUT2D eigenvalue weighted by Gasteiger charge is 2.14. The highest BCUT2D eigenvalue weighted by atomic mass is 16.5. The summed E-state index contributed by atoms with van der Waals surface area (Å²) in [6, 6.07) is 20.9. The Labute approximate surface area is 157 Å². The van der Waals surface area contributed by atoms with Crippen molar-refractivity contribution in [3.05, 3.63) is 90.4 Å². The van der Waals surface area contributed by atoms with Crippen LogP contribution in [0.4, 0.5) is 5.69 Å². The van der Waals surface area contributed by atoms with Gasteiger partial charge in [0.15, 0.2) is 0 Å². The van der Waals surface area contributed by atoms with Gasteiger partial charge in [-0.15, -0.1) is 0 Å². The molecule has 0 radical (unpaired) electrons. The molecule has 1 N–H and O–H groups in total. The van der Waals surface area contributed by atoms with E-state index in [1.165, 1.54) is 0 Å². The Morgan fingerprint density at radius 3 is 2.78 bits per heavy atom. The van der Waals surface area contributed by atoms with Gasteiger partial charge in [0.05, 0.1) is 11.3 Å². The van der Waals surface area contributed by atoms with Crippen LogP contribution in [-0.2, 0) is 13.7 Å². The van der Waals surface area contributed by atoms with Crippen LogP contribution < -0.4 is 10.1 Å². The number of para-hydroxylation sites is 1. The minimum atomic E-state index is -0.145. The van der Waals surface area contributed by atoms with Crippen molar-refractivity contribution in [2.24, 2.45) is 7.05 Å². The van der Waals surface area contributed by atoms with E-state index >= 15 is 0 Å². The monoisotopic (exact) mass is 357 g/mol. The Bertz CT molecular complexity index is 1090. The van der Waals surface area contributed by atoms with Crippen LogP contribution in [-0.4, -0.2) is 15.5 Å². The number of anilines is 1. The first-order chi connectivity index (χ1) is 13.2. The van der Waals surface area contributed by atoms with E-state index in [4.69, 9.17) is 4.74 Å². The molecule has 5 heteroatoms. The van der Waals surface area contributed by atoms with Gasteiger partial charge >= 0.3 is 0 Å². The normalized spacial score (nSPS) is 10.7. The number of aryl methyl sites for hydroxylation is 1. The Hall–Kier alpha value is -3.60. The van der Waals surface area contributed by atoms with Gasteiger partial charge in [-0.2, -0.15) is 0 Å². The second-order valence-corrected chi connectivity index (χ2v) is 6.26. The van der Waals surface area contributed by atoms with Crippen molar-refractivity contribution in [2.75, 3.05) is 5.32 Å². The minimum Gasteiger partial charge on any atom is -0.487 e. The lowest BCUT2D eigenvalue weighted by atomic mass is 10.1. The summed E-state index contributed by atoms with van der Waals surface area (Å²) in [4.78, 5) is 17.0. The summed E-state index contributed by atoms with van der Waals surface area (Å²) in [5, 5.41) is 3.88. The molecule has 2 aromatic carbocycles. The third-order valence-corrected chi connectivity index (χ3v) is 4.35. The summed E-state index contributed by atoms with van der Waals surface area (Å²) >= 11 is 0. The quantitative estimate of drug-likeness (QED) is 0.576. The predicted molar refractivity (Wildman–Crippen MR) is 106 cm³/mol. The van der Waals surface area contributed by atoms with Crippen molar-refractivity contribution >= 4 is 22.5 Å². The third kappa shape index (κ3) is 3.67. The largest absolute Gasteiger partial charge is 0.487 e. The van der Waals surface area contributed by atoms with Crippen LogP contribution in [0.1, 0.15) is 16.1 Å². The molecule has 0 saturated heterocycles. The Morgan fingerprint density at radius 2 is 1.93 bits per heavy atom. The van der Waals surface area contributed by atoms with Gasteiger partial charge in [-0.25, -0.2) is 0 Å². The number of hydrogen-bond acceptors (Lipinski definition) is 3. The van der Waals surface area contributed by atoms with Gasteiger partial charge in [0.25, 0.3) is 5.91 Å². The van der Waals surface area contributed by atoms with Gasteiger partial charge in [0.2, 0.25) is 0 Å². The van der Waals surface area contributed by atoms with Crippen molar-refractivity contribution in [1.82, 2.24) is 9.55 Å². The molecule has 0 unspecified atom stereocenters. The van der Waals surface area contributed by atoms with E-state index in [2.05, 4.69) is 10.3 Å². The smallest absolute Gasteiger partial charge is 0.257 e. The van der Waals surface area contributed by atoms with Crippen molar-refractivity contribution in [1.29, 1.82) is 0 Å². The number of amides is 1. The molecule has 0 aliphatic heterocycles. The lowest BCUT2D eigenvalue weighted by molar-refractivity contribution is 0.102. The topological polar surface area (TPSA) is 56.2 Å². The molecule has 0 atom stereocenters. The molecular weight excluding hydrogens is 338 g/mol. The van der Waals surface area contributed by atoms with Crippen LogP contribution in [0.15, 0.2) is 79.1 Å². The number of fused-ring (bicyclic) bond motifs is 1. The molecule has 1 amide bonds. The second-order valence-electron chi connectivity index (χ2n) is 6.26. The highest BCUT2D eigenvalue weighted by molar-refractivity contribution is 6.13. The fourth-order valence-electron chi connectivity index (χ4n) is 3.03. The van der Waals surface area contributed by atoms with E-state index in [1.807, 2.05) is 84.5 Å². The van der Waals surface area contributed by atoms with Gasteiger partial charge in [0.1, 0.15) is 12.4 Å². The van der Waals surface area contributed by atoms with E-state index in [0.29, 0.717) is 23.6 Å². The fourth-order valence-corrected chi connectivity index (χ4v) is 3.03. The maximum Gasteiger partial charge on any atom is 0.257 e. The van der Waals surface area contributed by atoms with E-state index in [9.17, 15) is 4.79 Å². The number of aromatic nitrogens is 2. The fraction of sp³-hybridized carbons (Fsp3) is 0.0909. The van der Waals surface area contributed by atoms with Gasteiger partial charge < -0.3 is 14.6 Å². The van der Waals surface area contributed by atoms with Crippen LogP contribution in [0.3, 0.4) is 0 Å². The lowest BCUT2D eigenvalue weighted by Gasteiger charge is -2.09. The summed E-state index contributed by atoms with van der Waals surface area (Å²) in [6.07, 6.45) is 3.58. The van der Waals surface area contributed by atoms with E-state index < -0.39 is 0 Å². The zero-order valence-corrected chi connectivity index (χ0v) is 14.9. The molecule has 2 aromatic heterocycles. The van der Waals surface area contributed by atoms with Gasteiger partial charge in [-0.1, -0.05) is 30.3 Å². The maximum atomic E-state index is 12.8. The first kappa shape index (κ1) is 16.8. The summed E-state index contributed by atoms with van der Waals surface area (Å²) in [5.41, 5.74) is 3.21. The van der Waals surface area contributed by atoms with E-state index in [0.717, 1.165) is 16.6 Å². The number of carbonyl (C=O) groups is 1. The molecule has 134 valence electrons. The molecular formula is C22H19N3O2. The van der Waals surface area contributed by atoms with E-state index in [1.54, 1.807) is 6.20 Å². The van der Waals surface area contributed by atoms with Crippen LogP contribution in [0.2, 0.25) is 0 Å². The standard InChI is InChI=1S/C22H19N3O2/c1-25-14-20(19-10-2-3-11-21(19)25)22(26)24-16-8-6-9-18(13-16)27-15-17-7-4-5-12-23-17/h2-14H,15H2,1H3,(H,24,26). The maximum absolute atomic E-state index is 12.8. The number of nitrogens with one attached hydrogen (secondary N) is 1. The average molecular weight is 357 g/mol. The van der Waals surface area contributed by atoms with Crippen LogP contribution in [0.5, 0.6) is 5.75 Å². The summed E-state index contributed by atoms with van der Waals surface area (Å²) in [5.74, 6) is 0.532. The number of hydrogen-bond donors (Lipinski definition) is 1. The zero-order chi connectivity index (χ0) is 18.6. The number of rotatable bonds is 5. The number of ether oxygens (including phenoxy) is 1. The van der Waals surface area contributed by atoms with Crippen molar-refractivity contribution in [2.45, 2.75) is 6.61 Å². The molecule has 0 bridgehead atoms. The molecule has 0 fully saturated rings.